The lowest BCUT2D eigenvalue weighted by Gasteiger charge is -2.31. The minimum Gasteiger partial charge on any atom is -0.480 e. The van der Waals surface area contributed by atoms with Gasteiger partial charge in [-0.2, -0.15) is 0 Å². The van der Waals surface area contributed by atoms with E-state index in [4.69, 9.17) is 5.11 Å². The minimum atomic E-state index is -1.06. The third-order valence-electron chi connectivity index (χ3n) is 2.70. The second kappa shape index (κ2) is 5.70. The lowest BCUT2D eigenvalue weighted by molar-refractivity contribution is -0.143. The van der Waals surface area contributed by atoms with Crippen LogP contribution in [0.4, 0.5) is 0 Å². The molecule has 1 atom stereocenters. The lowest BCUT2D eigenvalue weighted by atomic mass is 9.80. The summed E-state index contributed by atoms with van der Waals surface area (Å²) in [5, 5.41) is 11.1. The Morgan fingerprint density at radius 2 is 2.13 bits per heavy atom. The molecule has 1 fully saturated rings. The van der Waals surface area contributed by atoms with Crippen molar-refractivity contribution in [3.05, 3.63) is 0 Å². The number of amides is 1. The summed E-state index contributed by atoms with van der Waals surface area (Å²) < 4.78 is 4.68. The average Bonchev–Trinajstić information content (AvgIpc) is 1.98. The van der Waals surface area contributed by atoms with Crippen LogP contribution < -0.4 is 5.32 Å². The van der Waals surface area contributed by atoms with Gasteiger partial charge < -0.3 is 15.2 Å². The quantitative estimate of drug-likeness (QED) is 0.672. The van der Waals surface area contributed by atoms with Crippen molar-refractivity contribution in [3.8, 4) is 0 Å². The molecule has 0 aliphatic heterocycles. The molecule has 0 heterocycles. The number of hydrogen-bond acceptors (Lipinski definition) is 3. The van der Waals surface area contributed by atoms with E-state index in [1.807, 2.05) is 6.92 Å². The largest absolute Gasteiger partial charge is 0.480 e. The molecule has 15 heavy (non-hydrogen) atoms. The third kappa shape index (κ3) is 4.29. The van der Waals surface area contributed by atoms with Crippen LogP contribution in [0, 0.1) is 5.92 Å². The first-order valence-electron chi connectivity index (χ1n) is 5.18. The number of ether oxygens (including phenoxy) is 1. The summed E-state index contributed by atoms with van der Waals surface area (Å²) >= 11 is 0. The monoisotopic (exact) mass is 215 g/mol. The van der Waals surface area contributed by atoms with Gasteiger partial charge in [-0.15, -0.1) is 0 Å². The Labute approximate surface area is 88.8 Å². The van der Waals surface area contributed by atoms with Crippen molar-refractivity contribution >= 4 is 11.9 Å². The Morgan fingerprint density at radius 3 is 2.60 bits per heavy atom. The van der Waals surface area contributed by atoms with Crippen molar-refractivity contribution in [3.63, 3.8) is 0 Å². The molecule has 2 N–H and O–H groups in total. The van der Waals surface area contributed by atoms with Crippen molar-refractivity contribution in [1.82, 2.24) is 5.32 Å². The molecule has 0 aromatic carbocycles. The fraction of sp³-hybridized carbons (Fsp3) is 0.800. The van der Waals surface area contributed by atoms with Crippen LogP contribution in [-0.4, -0.2) is 36.2 Å². The molecule has 1 aliphatic rings. The molecule has 0 radical (unpaired) electrons. The molecular weight excluding hydrogens is 198 g/mol. The van der Waals surface area contributed by atoms with Crippen LogP contribution in [0.3, 0.4) is 0 Å². The van der Waals surface area contributed by atoms with Crippen molar-refractivity contribution in [2.45, 2.75) is 32.2 Å². The first-order valence-corrected chi connectivity index (χ1v) is 5.18. The van der Waals surface area contributed by atoms with Gasteiger partial charge in [0.05, 0.1) is 0 Å². The van der Waals surface area contributed by atoms with Crippen LogP contribution >= 0.6 is 0 Å². The van der Waals surface area contributed by atoms with Gasteiger partial charge in [-0.3, -0.25) is 4.79 Å². The zero-order valence-electron chi connectivity index (χ0n) is 8.86. The molecule has 0 aromatic rings. The van der Waals surface area contributed by atoms with E-state index in [9.17, 15) is 9.59 Å². The third-order valence-corrected chi connectivity index (χ3v) is 2.70. The van der Waals surface area contributed by atoms with E-state index in [-0.39, 0.29) is 18.6 Å². The van der Waals surface area contributed by atoms with E-state index in [0.717, 1.165) is 12.8 Å². The van der Waals surface area contributed by atoms with E-state index < -0.39 is 12.6 Å². The van der Waals surface area contributed by atoms with Gasteiger partial charge in [0.1, 0.15) is 13.2 Å². The van der Waals surface area contributed by atoms with Crippen molar-refractivity contribution in [2.24, 2.45) is 5.92 Å². The SMILES string of the molecule is CC(NC(=O)COCC(=O)O)C1CCC1. The van der Waals surface area contributed by atoms with Crippen LogP contribution in [0.25, 0.3) is 0 Å². The highest BCUT2D eigenvalue weighted by Crippen LogP contribution is 2.29. The zero-order chi connectivity index (χ0) is 11.3. The van der Waals surface area contributed by atoms with Crippen molar-refractivity contribution < 1.29 is 19.4 Å². The van der Waals surface area contributed by atoms with Gasteiger partial charge in [0.25, 0.3) is 0 Å². The van der Waals surface area contributed by atoms with Gasteiger partial charge in [-0.25, -0.2) is 4.79 Å². The van der Waals surface area contributed by atoms with E-state index in [0.29, 0.717) is 5.92 Å². The normalized spacial score (nSPS) is 17.9. The standard InChI is InChI=1S/C10H17NO4/c1-7(8-3-2-4-8)11-9(12)5-15-6-10(13)14/h7-8H,2-6H2,1H3,(H,11,12)(H,13,14). The minimum absolute atomic E-state index is 0.166. The lowest BCUT2D eigenvalue weighted by Crippen LogP contribution is -2.42. The summed E-state index contributed by atoms with van der Waals surface area (Å²) in [4.78, 5) is 21.4. The molecule has 86 valence electrons. The Bertz CT molecular complexity index is 238. The fourth-order valence-electron chi connectivity index (χ4n) is 1.58. The second-order valence-corrected chi connectivity index (χ2v) is 3.93. The van der Waals surface area contributed by atoms with Gasteiger partial charge in [-0.05, 0) is 25.7 Å². The predicted molar refractivity (Wildman–Crippen MR) is 53.4 cm³/mol. The molecule has 1 rings (SSSR count). The Balaban J connectivity index is 2.09. The molecule has 0 spiro atoms. The summed E-state index contributed by atoms with van der Waals surface area (Å²) in [6.45, 7) is 1.37. The molecular formula is C10H17NO4. The summed E-state index contributed by atoms with van der Waals surface area (Å²) in [5.41, 5.74) is 0. The number of aliphatic carboxylic acids is 1. The molecule has 0 saturated heterocycles. The highest BCUT2D eigenvalue weighted by atomic mass is 16.5. The maximum Gasteiger partial charge on any atom is 0.329 e. The first-order chi connectivity index (χ1) is 7.09. The van der Waals surface area contributed by atoms with Crippen LogP contribution in [0.5, 0.6) is 0 Å². The smallest absolute Gasteiger partial charge is 0.329 e. The van der Waals surface area contributed by atoms with Crippen LogP contribution in [0.15, 0.2) is 0 Å². The number of rotatable bonds is 6. The van der Waals surface area contributed by atoms with Crippen LogP contribution in [0.1, 0.15) is 26.2 Å². The average molecular weight is 215 g/mol. The topological polar surface area (TPSA) is 75.6 Å². The molecule has 1 saturated carbocycles. The van der Waals surface area contributed by atoms with E-state index in [1.165, 1.54) is 6.42 Å². The molecule has 0 aromatic heterocycles. The van der Waals surface area contributed by atoms with E-state index in [1.54, 1.807) is 0 Å². The first kappa shape index (κ1) is 12.0. The second-order valence-electron chi connectivity index (χ2n) is 3.93. The van der Waals surface area contributed by atoms with Crippen molar-refractivity contribution in [1.29, 1.82) is 0 Å². The van der Waals surface area contributed by atoms with E-state index >= 15 is 0 Å². The summed E-state index contributed by atoms with van der Waals surface area (Å²) in [7, 11) is 0. The highest BCUT2D eigenvalue weighted by molar-refractivity contribution is 5.78. The Hall–Kier alpha value is -1.10. The van der Waals surface area contributed by atoms with Crippen molar-refractivity contribution in [2.75, 3.05) is 13.2 Å². The molecule has 5 nitrogen and oxygen atoms in total. The Morgan fingerprint density at radius 1 is 1.47 bits per heavy atom. The number of carbonyl (C=O) groups is 2. The van der Waals surface area contributed by atoms with Gasteiger partial charge in [-0.1, -0.05) is 6.42 Å². The van der Waals surface area contributed by atoms with Gasteiger partial charge >= 0.3 is 5.97 Å². The number of carbonyl (C=O) groups excluding carboxylic acids is 1. The molecule has 0 bridgehead atoms. The fourth-order valence-corrected chi connectivity index (χ4v) is 1.58. The molecule has 5 heteroatoms. The number of carboxylic acids is 1. The highest BCUT2D eigenvalue weighted by Gasteiger charge is 2.24. The summed E-state index contributed by atoms with van der Waals surface area (Å²) in [6.07, 6.45) is 3.56. The summed E-state index contributed by atoms with van der Waals surface area (Å²) in [5.74, 6) is -0.723. The van der Waals surface area contributed by atoms with Crippen LogP contribution in [0.2, 0.25) is 0 Å². The molecule has 1 unspecified atom stereocenters. The van der Waals surface area contributed by atoms with E-state index in [2.05, 4.69) is 10.1 Å². The molecule has 1 amide bonds. The number of carboxylic acid groups (broad SMARTS) is 1. The van der Waals surface area contributed by atoms with Gasteiger partial charge in [0, 0.05) is 6.04 Å². The Kier molecular flexibility index (Phi) is 4.55. The maximum absolute atomic E-state index is 11.3. The maximum atomic E-state index is 11.3. The number of hydrogen-bond donors (Lipinski definition) is 2. The number of nitrogens with one attached hydrogen (secondary N) is 1. The van der Waals surface area contributed by atoms with Gasteiger partial charge in [0.15, 0.2) is 0 Å². The van der Waals surface area contributed by atoms with Gasteiger partial charge in [0.2, 0.25) is 5.91 Å². The molecule has 1 aliphatic carbocycles. The zero-order valence-corrected chi connectivity index (χ0v) is 8.86. The summed E-state index contributed by atoms with van der Waals surface area (Å²) in [6, 6.07) is 0.166. The van der Waals surface area contributed by atoms with Crippen LogP contribution in [-0.2, 0) is 14.3 Å². The predicted octanol–water partition coefficient (Wildman–Crippen LogP) is 0.392.